The van der Waals surface area contributed by atoms with E-state index in [-0.39, 0.29) is 29.8 Å². The summed E-state index contributed by atoms with van der Waals surface area (Å²) in [6, 6.07) is 0.902. The van der Waals surface area contributed by atoms with Gasteiger partial charge in [-0.3, -0.25) is 0 Å². The number of aliphatic hydroxyl groups is 1. The second-order valence-corrected chi connectivity index (χ2v) is 6.27. The molecule has 0 saturated heterocycles. The number of nitrogens with zero attached hydrogens (tertiary/aromatic N) is 1. The number of sulfonamides is 1. The summed E-state index contributed by atoms with van der Waals surface area (Å²) in [5, 5.41) is 17.8. The van der Waals surface area contributed by atoms with Crippen LogP contribution in [0.15, 0.2) is 15.4 Å². The maximum Gasteiger partial charge on any atom is 0.371 e. The topological polar surface area (TPSA) is 108 Å². The summed E-state index contributed by atoms with van der Waals surface area (Å²) in [7, 11) is -3.83. The summed E-state index contributed by atoms with van der Waals surface area (Å²) in [5.74, 6) is -1.68. The average molecular weight is 289 g/mol. The Hall–Kier alpha value is -1.38. The van der Waals surface area contributed by atoms with Gasteiger partial charge in [-0.15, -0.1) is 0 Å². The van der Waals surface area contributed by atoms with E-state index in [2.05, 4.69) is 0 Å². The number of furan rings is 1. The van der Waals surface area contributed by atoms with Gasteiger partial charge in [0, 0.05) is 18.7 Å². The molecule has 0 bridgehead atoms. The lowest BCUT2D eigenvalue weighted by Crippen LogP contribution is -2.35. The van der Waals surface area contributed by atoms with Gasteiger partial charge in [-0.25, -0.2) is 13.2 Å². The molecule has 1 aliphatic carbocycles. The molecule has 2 rings (SSSR count). The van der Waals surface area contributed by atoms with Crippen LogP contribution in [0, 0.1) is 6.92 Å². The van der Waals surface area contributed by atoms with Crippen LogP contribution in [0.3, 0.4) is 0 Å². The first kappa shape index (κ1) is 14.0. The summed E-state index contributed by atoms with van der Waals surface area (Å²) >= 11 is 0. The fourth-order valence-electron chi connectivity index (χ4n) is 1.91. The van der Waals surface area contributed by atoms with Crippen molar-refractivity contribution in [1.29, 1.82) is 0 Å². The van der Waals surface area contributed by atoms with Crippen molar-refractivity contribution in [2.24, 2.45) is 0 Å². The van der Waals surface area contributed by atoms with Crippen LogP contribution < -0.4 is 0 Å². The van der Waals surface area contributed by atoms with Crippen LogP contribution in [0.25, 0.3) is 0 Å². The van der Waals surface area contributed by atoms with Gasteiger partial charge in [-0.1, -0.05) is 0 Å². The molecule has 19 heavy (non-hydrogen) atoms. The van der Waals surface area contributed by atoms with Crippen molar-refractivity contribution in [3.8, 4) is 0 Å². The van der Waals surface area contributed by atoms with Crippen molar-refractivity contribution < 1.29 is 27.8 Å². The number of aryl methyl sites for hydroxylation is 1. The number of hydrogen-bond donors (Lipinski definition) is 2. The van der Waals surface area contributed by atoms with Crippen LogP contribution in [0.1, 0.15) is 29.2 Å². The Kier molecular flexibility index (Phi) is 3.66. The first-order chi connectivity index (χ1) is 8.87. The lowest BCUT2D eigenvalue weighted by molar-refractivity contribution is 0.0661. The van der Waals surface area contributed by atoms with Crippen molar-refractivity contribution in [2.45, 2.75) is 30.7 Å². The van der Waals surface area contributed by atoms with E-state index in [9.17, 15) is 13.2 Å². The number of carboxylic acids is 1. The second kappa shape index (κ2) is 4.95. The smallest absolute Gasteiger partial charge is 0.371 e. The average Bonchev–Trinajstić information content (AvgIpc) is 3.07. The second-order valence-electron chi connectivity index (χ2n) is 4.41. The first-order valence-corrected chi connectivity index (χ1v) is 7.28. The summed E-state index contributed by atoms with van der Waals surface area (Å²) in [6.07, 6.45) is 1.50. The Labute approximate surface area is 110 Å². The minimum absolute atomic E-state index is 0.0000246. The molecule has 0 unspecified atom stereocenters. The largest absolute Gasteiger partial charge is 0.475 e. The van der Waals surface area contributed by atoms with Gasteiger partial charge in [0.05, 0.1) is 6.61 Å². The van der Waals surface area contributed by atoms with Gasteiger partial charge in [-0.2, -0.15) is 4.31 Å². The van der Waals surface area contributed by atoms with Gasteiger partial charge in [0.1, 0.15) is 10.7 Å². The van der Waals surface area contributed by atoms with Gasteiger partial charge in [0.2, 0.25) is 15.8 Å². The molecule has 7 nitrogen and oxygen atoms in total. The highest BCUT2D eigenvalue weighted by Crippen LogP contribution is 2.33. The number of carboxylic acid groups (broad SMARTS) is 1. The molecule has 0 spiro atoms. The molecule has 1 saturated carbocycles. The van der Waals surface area contributed by atoms with E-state index in [1.807, 2.05) is 0 Å². The molecule has 1 heterocycles. The highest BCUT2D eigenvalue weighted by Gasteiger charge is 2.39. The maximum atomic E-state index is 12.4. The summed E-state index contributed by atoms with van der Waals surface area (Å²) in [5.41, 5.74) is 0. The minimum Gasteiger partial charge on any atom is -0.475 e. The predicted octanol–water partition coefficient (Wildman–Crippen LogP) is 0.432. The molecule has 0 aliphatic heterocycles. The van der Waals surface area contributed by atoms with Crippen molar-refractivity contribution in [1.82, 2.24) is 4.31 Å². The zero-order chi connectivity index (χ0) is 14.2. The zero-order valence-electron chi connectivity index (χ0n) is 10.4. The lowest BCUT2D eigenvalue weighted by Gasteiger charge is -2.20. The van der Waals surface area contributed by atoms with Crippen molar-refractivity contribution in [3.63, 3.8) is 0 Å². The molecule has 0 aromatic carbocycles. The molecule has 8 heteroatoms. The molecule has 1 fully saturated rings. The molecular weight excluding hydrogens is 274 g/mol. The molecule has 1 aromatic rings. The maximum absolute atomic E-state index is 12.4. The summed E-state index contributed by atoms with van der Waals surface area (Å²) in [4.78, 5) is 10.6. The summed E-state index contributed by atoms with van der Waals surface area (Å²) in [6.45, 7) is 1.13. The SMILES string of the molecule is Cc1oc(C(=O)O)cc1S(=O)(=O)N(CCO)C1CC1. The highest BCUT2D eigenvalue weighted by molar-refractivity contribution is 7.89. The van der Waals surface area contributed by atoms with Crippen molar-refractivity contribution in [3.05, 3.63) is 17.6 Å². The molecular formula is C11H15NO6S. The molecule has 0 radical (unpaired) electrons. The van der Waals surface area contributed by atoms with Crippen LogP contribution in [0.2, 0.25) is 0 Å². The number of aromatic carboxylic acids is 1. The number of carbonyl (C=O) groups is 1. The Balaban J connectivity index is 2.40. The van der Waals surface area contributed by atoms with Crippen LogP contribution in [-0.2, 0) is 10.0 Å². The molecule has 0 amide bonds. The van der Waals surface area contributed by atoms with Gasteiger partial charge < -0.3 is 14.6 Å². The summed E-state index contributed by atoms with van der Waals surface area (Å²) < 4.78 is 31.0. The van der Waals surface area contributed by atoms with Gasteiger partial charge in [0.15, 0.2) is 0 Å². The third-order valence-corrected chi connectivity index (χ3v) is 5.00. The van der Waals surface area contributed by atoms with E-state index < -0.39 is 21.8 Å². The van der Waals surface area contributed by atoms with Crippen LogP contribution in [0.5, 0.6) is 0 Å². The lowest BCUT2D eigenvalue weighted by atomic mass is 10.4. The quantitative estimate of drug-likeness (QED) is 0.786. The Bertz CT molecular complexity index is 586. The van der Waals surface area contributed by atoms with Crippen LogP contribution in [-0.4, -0.2) is 48.1 Å². The highest BCUT2D eigenvalue weighted by atomic mass is 32.2. The van der Waals surface area contributed by atoms with E-state index in [1.54, 1.807) is 0 Å². The number of hydrogen-bond acceptors (Lipinski definition) is 5. The normalized spacial score (nSPS) is 15.9. The Morgan fingerprint density at radius 3 is 2.58 bits per heavy atom. The standard InChI is InChI=1S/C11H15NO6S/c1-7-10(6-9(18-7)11(14)15)19(16,17)12(4-5-13)8-2-3-8/h6,8,13H,2-5H2,1H3,(H,14,15). The third kappa shape index (κ3) is 2.65. The van der Waals surface area contributed by atoms with Crippen molar-refractivity contribution in [2.75, 3.05) is 13.2 Å². The van der Waals surface area contributed by atoms with E-state index in [4.69, 9.17) is 14.6 Å². The number of aliphatic hydroxyl groups excluding tert-OH is 1. The van der Waals surface area contributed by atoms with E-state index in [0.717, 1.165) is 18.9 Å². The molecule has 0 atom stereocenters. The van der Waals surface area contributed by atoms with E-state index in [0.29, 0.717) is 0 Å². The molecule has 2 N–H and O–H groups in total. The molecule has 106 valence electrons. The predicted molar refractivity (Wildman–Crippen MR) is 64.4 cm³/mol. The van der Waals surface area contributed by atoms with Gasteiger partial charge in [-0.05, 0) is 19.8 Å². The Morgan fingerprint density at radius 2 is 2.16 bits per heavy atom. The minimum atomic E-state index is -3.83. The van der Waals surface area contributed by atoms with Gasteiger partial charge in [0.25, 0.3) is 0 Å². The van der Waals surface area contributed by atoms with Crippen LogP contribution >= 0.6 is 0 Å². The van der Waals surface area contributed by atoms with E-state index in [1.165, 1.54) is 11.2 Å². The zero-order valence-corrected chi connectivity index (χ0v) is 11.2. The fraction of sp³-hybridized carbons (Fsp3) is 0.545. The third-order valence-electron chi connectivity index (χ3n) is 2.94. The number of rotatable bonds is 6. The van der Waals surface area contributed by atoms with Crippen LogP contribution in [0.4, 0.5) is 0 Å². The first-order valence-electron chi connectivity index (χ1n) is 5.84. The monoisotopic (exact) mass is 289 g/mol. The molecule has 1 aromatic heterocycles. The molecule has 1 aliphatic rings. The van der Waals surface area contributed by atoms with Gasteiger partial charge >= 0.3 is 5.97 Å². The fourth-order valence-corrected chi connectivity index (χ4v) is 3.75. The van der Waals surface area contributed by atoms with Crippen molar-refractivity contribution >= 4 is 16.0 Å². The Morgan fingerprint density at radius 1 is 1.53 bits per heavy atom. The van der Waals surface area contributed by atoms with E-state index >= 15 is 0 Å².